The van der Waals surface area contributed by atoms with Gasteiger partial charge in [0.2, 0.25) is 0 Å². The number of para-hydroxylation sites is 1. The van der Waals surface area contributed by atoms with Crippen molar-refractivity contribution in [2.24, 2.45) is 22.4 Å². The van der Waals surface area contributed by atoms with E-state index in [1.54, 1.807) is 42.6 Å². The van der Waals surface area contributed by atoms with E-state index in [2.05, 4.69) is 15.0 Å². The number of aromatic amines is 1. The van der Waals surface area contributed by atoms with Gasteiger partial charge in [-0.15, -0.1) is 0 Å². The number of fused-ring (bicyclic) bond motifs is 3. The van der Waals surface area contributed by atoms with Gasteiger partial charge in [0, 0.05) is 59.5 Å². The maximum absolute atomic E-state index is 15.2. The van der Waals surface area contributed by atoms with Gasteiger partial charge in [-0.1, -0.05) is 49.1 Å². The van der Waals surface area contributed by atoms with E-state index in [1.807, 2.05) is 6.07 Å². The highest BCUT2D eigenvalue weighted by atomic mass is 16.8. The zero-order valence-electron chi connectivity index (χ0n) is 38.2. The van der Waals surface area contributed by atoms with E-state index in [0.717, 1.165) is 17.4 Å². The van der Waals surface area contributed by atoms with E-state index in [1.165, 1.54) is 30.6 Å². The number of aliphatic hydroxyl groups excluding tert-OH is 5. The number of benzene rings is 3. The third-order valence-electron chi connectivity index (χ3n) is 14.4. The molecule has 0 spiro atoms. The van der Waals surface area contributed by atoms with Gasteiger partial charge >= 0.3 is 11.9 Å². The van der Waals surface area contributed by atoms with Gasteiger partial charge in [-0.05, 0) is 92.0 Å². The number of guanidine groups is 1. The molecule has 9 atom stereocenters. The van der Waals surface area contributed by atoms with E-state index in [-0.39, 0.29) is 54.5 Å². The zero-order valence-corrected chi connectivity index (χ0v) is 38.2. The van der Waals surface area contributed by atoms with Crippen LogP contribution in [0, 0.1) is 5.92 Å². The SMILES string of the molecule is NC(N)=NCCC[C@H](O)CCC1=C[C@]2(C(=O)O)[C@@H](c3cc(O)c(O[C@]4(O)O[C@H](CO)[C@@H](O)[C@H](O)[C@H]4O)cc3N2C(=O)/C=C/c2ccc(O)c(Cc3cnc[nH]3)c2)[C@@H]1C1(c2ccccc2O)CCCCC1. The number of nitrogens with zero attached hydrogens (tertiary/aromatic N) is 3. The van der Waals surface area contributed by atoms with E-state index >= 15 is 4.79 Å². The Balaban J connectivity index is 1.29. The molecule has 4 aromatic rings. The zero-order chi connectivity index (χ0) is 50.1. The van der Waals surface area contributed by atoms with Gasteiger partial charge in [-0.3, -0.25) is 14.7 Å². The Bertz CT molecular complexity index is 2650. The third-order valence-corrected chi connectivity index (χ3v) is 14.4. The summed E-state index contributed by atoms with van der Waals surface area (Å²) < 4.78 is 11.1. The van der Waals surface area contributed by atoms with Crippen LogP contribution in [0.5, 0.6) is 23.0 Å². The fraction of sp³-hybridized carbons (Fsp3) is 0.440. The lowest BCUT2D eigenvalue weighted by Gasteiger charge is -2.48. The maximum atomic E-state index is 15.2. The number of aliphatic carboxylic acids is 1. The molecule has 3 aromatic carbocycles. The number of carboxylic acid groups (broad SMARTS) is 1. The molecule has 0 unspecified atom stereocenters. The number of hydrogen-bond acceptors (Lipinski definition) is 15. The number of anilines is 1. The summed E-state index contributed by atoms with van der Waals surface area (Å²) in [6.07, 6.45) is 3.09. The monoisotopic (exact) mass is 968 g/mol. The molecule has 1 saturated carbocycles. The number of amides is 1. The molecule has 1 amide bonds. The molecule has 20 heteroatoms. The second-order valence-corrected chi connectivity index (χ2v) is 18.7. The number of ether oxygens (including phenoxy) is 2. The second-order valence-electron chi connectivity index (χ2n) is 18.7. The quantitative estimate of drug-likeness (QED) is 0.0180. The van der Waals surface area contributed by atoms with Crippen LogP contribution < -0.4 is 21.1 Å². The largest absolute Gasteiger partial charge is 0.508 e. The Morgan fingerprint density at radius 3 is 2.41 bits per heavy atom. The molecule has 2 aliphatic heterocycles. The number of allylic oxidation sites excluding steroid dienone is 1. The van der Waals surface area contributed by atoms with Crippen LogP contribution in [0.1, 0.15) is 91.7 Å². The Hall–Kier alpha value is -6.52. The van der Waals surface area contributed by atoms with E-state index in [9.17, 15) is 55.9 Å². The first-order valence-corrected chi connectivity index (χ1v) is 23.3. The summed E-state index contributed by atoms with van der Waals surface area (Å²) in [4.78, 5) is 41.9. The number of aliphatic imine (C=N–C) groups is 1. The number of carbonyl (C=O) groups is 2. The highest BCUT2D eigenvalue weighted by Gasteiger charge is 2.68. The first kappa shape index (κ1) is 49.9. The topological polar surface area (TPSA) is 351 Å². The summed E-state index contributed by atoms with van der Waals surface area (Å²) in [5.74, 6) is -8.90. The van der Waals surface area contributed by atoms with E-state index in [4.69, 9.17) is 20.9 Å². The molecule has 3 heterocycles. The molecule has 15 N–H and O–H groups in total. The van der Waals surface area contributed by atoms with Crippen molar-refractivity contribution in [2.45, 2.75) is 118 Å². The first-order chi connectivity index (χ1) is 33.4. The number of aromatic hydroxyl groups is 3. The van der Waals surface area contributed by atoms with Crippen molar-refractivity contribution < 1.29 is 70.1 Å². The normalized spacial score (nSPS) is 27.4. The number of carboxylic acids is 1. The molecule has 1 aromatic heterocycles. The van der Waals surface area contributed by atoms with Crippen LogP contribution in [0.15, 0.2) is 89.8 Å². The Morgan fingerprint density at radius 2 is 1.73 bits per heavy atom. The van der Waals surface area contributed by atoms with Gasteiger partial charge in [0.1, 0.15) is 29.8 Å². The smallest absolute Gasteiger partial charge is 0.355 e. The molecule has 0 radical (unpaired) electrons. The van der Waals surface area contributed by atoms with E-state index in [0.29, 0.717) is 66.5 Å². The molecule has 1 saturated heterocycles. The minimum Gasteiger partial charge on any atom is -0.508 e. The lowest BCUT2D eigenvalue weighted by atomic mass is 9.55. The minimum atomic E-state index is -3.20. The summed E-state index contributed by atoms with van der Waals surface area (Å²) in [6, 6.07) is 13.9. The molecule has 8 rings (SSSR count). The summed E-state index contributed by atoms with van der Waals surface area (Å²) in [6.45, 7) is -0.649. The van der Waals surface area contributed by atoms with Crippen molar-refractivity contribution in [1.29, 1.82) is 0 Å². The molecule has 2 aliphatic carbocycles. The molecule has 2 fully saturated rings. The number of aliphatic hydroxyl groups is 6. The third kappa shape index (κ3) is 9.18. The molecule has 0 bridgehead atoms. The lowest BCUT2D eigenvalue weighted by molar-refractivity contribution is -0.422. The van der Waals surface area contributed by atoms with Crippen molar-refractivity contribution in [3.05, 3.63) is 113 Å². The van der Waals surface area contributed by atoms with Gasteiger partial charge in [0.05, 0.1) is 24.7 Å². The number of nitrogens with two attached hydrogens (primary N) is 2. The number of phenolic OH excluding ortho intramolecular Hbond substituents is 3. The lowest BCUT2D eigenvalue weighted by Crippen LogP contribution is -2.67. The van der Waals surface area contributed by atoms with Crippen LogP contribution in [-0.4, -0.2) is 134 Å². The van der Waals surface area contributed by atoms with Crippen LogP contribution in [0.25, 0.3) is 6.08 Å². The average molecular weight is 969 g/mol. The predicted octanol–water partition coefficient (Wildman–Crippen LogP) is 2.24. The Kier molecular flexibility index (Phi) is 14.3. The Morgan fingerprint density at radius 1 is 0.971 bits per heavy atom. The van der Waals surface area contributed by atoms with Crippen LogP contribution >= 0.6 is 0 Å². The summed E-state index contributed by atoms with van der Waals surface area (Å²) in [5.41, 5.74) is 10.8. The minimum absolute atomic E-state index is 0.00871. The summed E-state index contributed by atoms with van der Waals surface area (Å²) in [7, 11) is 0. The maximum Gasteiger partial charge on any atom is 0.355 e. The standard InChI is InChI=1S/C50H60N6O14/c51-47(52)54-18-6-7-31(58)13-12-28-23-49(46(66)67)42(41(28)48(16-4-1-5-17-48)33-8-2-3-9-36(33)60)32-21-37(61)38(69-50(68)45(65)44(64)43(63)39(25-57)70-50)22-34(32)56(49)40(62)15-11-27-10-14-35(59)29(19-27)20-30-24-53-26-55-30/h2-3,8-11,14-15,19,21-24,26,31,39,41-45,57-61,63-65,68H,1,4-7,12-13,16-18,20,25H2,(H,53,55)(H,66,67)(H4,51,52,54)/b15-11+/t31-,39+,41+,42-,43+,44-,45+,49+,50-/m0/s1. The van der Waals surface area contributed by atoms with Crippen LogP contribution in [0.2, 0.25) is 0 Å². The van der Waals surface area contributed by atoms with Crippen molar-refractivity contribution in [2.75, 3.05) is 18.1 Å². The van der Waals surface area contributed by atoms with Gasteiger partial charge < -0.3 is 77.0 Å². The molecule has 20 nitrogen and oxygen atoms in total. The number of nitrogens with one attached hydrogen (secondary N) is 1. The predicted molar refractivity (Wildman–Crippen MR) is 252 cm³/mol. The number of rotatable bonds is 17. The molecule has 4 aliphatic rings. The summed E-state index contributed by atoms with van der Waals surface area (Å²) >= 11 is 0. The second kappa shape index (κ2) is 20.1. The number of imidazole rings is 1. The van der Waals surface area contributed by atoms with Crippen molar-refractivity contribution in [3.63, 3.8) is 0 Å². The molecular formula is C50H60N6O14. The Labute approximate surface area is 402 Å². The molecule has 374 valence electrons. The number of H-pyrrole nitrogens is 1. The average Bonchev–Trinajstić information content (AvgIpc) is 4.05. The van der Waals surface area contributed by atoms with Crippen molar-refractivity contribution in [1.82, 2.24) is 9.97 Å². The van der Waals surface area contributed by atoms with Gasteiger partial charge in [0.15, 0.2) is 29.1 Å². The first-order valence-electron chi connectivity index (χ1n) is 23.3. The fourth-order valence-corrected chi connectivity index (χ4v) is 11.2. The van der Waals surface area contributed by atoms with Crippen LogP contribution in [0.3, 0.4) is 0 Å². The number of phenols is 3. The van der Waals surface area contributed by atoms with E-state index < -0.39 is 89.3 Å². The highest BCUT2D eigenvalue weighted by Crippen LogP contribution is 2.67. The summed E-state index contributed by atoms with van der Waals surface area (Å²) in [5, 5.41) is 111. The molecular weight excluding hydrogens is 909 g/mol. The van der Waals surface area contributed by atoms with Crippen molar-refractivity contribution >= 4 is 29.6 Å². The highest BCUT2D eigenvalue weighted by molar-refractivity contribution is 6.13. The van der Waals surface area contributed by atoms with Crippen LogP contribution in [-0.2, 0) is 26.2 Å². The van der Waals surface area contributed by atoms with Crippen LogP contribution in [0.4, 0.5) is 5.69 Å². The van der Waals surface area contributed by atoms with Gasteiger partial charge in [0.25, 0.3) is 5.91 Å². The number of aromatic nitrogens is 2. The van der Waals surface area contributed by atoms with Gasteiger partial charge in [-0.2, -0.15) is 0 Å². The van der Waals surface area contributed by atoms with Crippen molar-refractivity contribution in [3.8, 4) is 23.0 Å². The number of carbonyl (C=O) groups excluding carboxylic acids is 1. The fourth-order valence-electron chi connectivity index (χ4n) is 11.2. The molecule has 70 heavy (non-hydrogen) atoms. The number of hydrogen-bond donors (Lipinski definition) is 13. The van der Waals surface area contributed by atoms with Gasteiger partial charge in [-0.25, -0.2) is 9.78 Å².